The first-order chi connectivity index (χ1) is 18.8. The van der Waals surface area contributed by atoms with Gasteiger partial charge in [-0.15, -0.1) is 0 Å². The first kappa shape index (κ1) is 34.5. The lowest BCUT2D eigenvalue weighted by Gasteiger charge is -2.19. The highest BCUT2D eigenvalue weighted by Gasteiger charge is 2.23. The minimum absolute atomic E-state index is 0.0314. The Balaban J connectivity index is 2.97. The minimum Gasteiger partial charge on any atom is -0.480 e. The number of hydrogen-bond acceptors (Lipinski definition) is 11. The summed E-state index contributed by atoms with van der Waals surface area (Å²) in [5, 5.41) is 12.5. The standard InChI is InChI=1S/C28H43NO11/c1-17(2)10-12-35-26(32)39-23-9-8-21(15-24(23)40-27(33)36-13-11-18(3)4)14-22(25(30)31)29-16-20(7)38-28(34)37-19(5)6/h8-9,15,17-20,22,29H,10-14,16H2,1-7H3,(H,30,31)/t20?,22-/m0/s1. The van der Waals surface area contributed by atoms with Crippen LogP contribution in [-0.4, -0.2) is 67.6 Å². The van der Waals surface area contributed by atoms with Crippen LogP contribution in [-0.2, 0) is 30.2 Å². The maximum Gasteiger partial charge on any atom is 0.513 e. The molecule has 0 bridgehead atoms. The topological polar surface area (TPSA) is 156 Å². The highest BCUT2D eigenvalue weighted by molar-refractivity contribution is 5.74. The van der Waals surface area contributed by atoms with E-state index in [9.17, 15) is 24.3 Å². The number of carbonyl (C=O) groups is 4. The van der Waals surface area contributed by atoms with E-state index in [-0.39, 0.29) is 43.8 Å². The van der Waals surface area contributed by atoms with Gasteiger partial charge in [0.25, 0.3) is 0 Å². The number of ether oxygens (including phenoxy) is 6. The second kappa shape index (κ2) is 17.9. The third kappa shape index (κ3) is 15.2. The highest BCUT2D eigenvalue weighted by Crippen LogP contribution is 2.30. The predicted octanol–water partition coefficient (Wildman–Crippen LogP) is 5.35. The quantitative estimate of drug-likeness (QED) is 0.150. The van der Waals surface area contributed by atoms with Crippen LogP contribution >= 0.6 is 0 Å². The molecule has 0 aliphatic carbocycles. The summed E-state index contributed by atoms with van der Waals surface area (Å²) in [6.07, 6.45) is -2.59. The van der Waals surface area contributed by atoms with E-state index >= 15 is 0 Å². The third-order valence-corrected chi connectivity index (χ3v) is 5.24. The van der Waals surface area contributed by atoms with Gasteiger partial charge in [0, 0.05) is 6.54 Å². The number of aliphatic carboxylic acids is 1. The maximum absolute atomic E-state index is 12.3. The fourth-order valence-corrected chi connectivity index (χ4v) is 3.05. The molecule has 0 aromatic heterocycles. The molecule has 1 rings (SSSR count). The Kier molecular flexibility index (Phi) is 15.5. The molecule has 40 heavy (non-hydrogen) atoms. The Morgan fingerprint density at radius 1 is 0.775 bits per heavy atom. The van der Waals surface area contributed by atoms with E-state index in [2.05, 4.69) is 5.32 Å². The van der Waals surface area contributed by atoms with Gasteiger partial charge < -0.3 is 38.8 Å². The summed E-state index contributed by atoms with van der Waals surface area (Å²) < 4.78 is 30.7. The summed E-state index contributed by atoms with van der Waals surface area (Å²) in [6.45, 7) is 13.2. The summed E-state index contributed by atoms with van der Waals surface area (Å²) in [5.74, 6) is -0.743. The smallest absolute Gasteiger partial charge is 0.480 e. The van der Waals surface area contributed by atoms with Gasteiger partial charge in [0.05, 0.1) is 19.3 Å². The van der Waals surface area contributed by atoms with Crippen molar-refractivity contribution >= 4 is 24.4 Å². The fourth-order valence-electron chi connectivity index (χ4n) is 3.05. The first-order valence-electron chi connectivity index (χ1n) is 13.4. The van der Waals surface area contributed by atoms with Gasteiger partial charge in [-0.1, -0.05) is 33.8 Å². The van der Waals surface area contributed by atoms with Gasteiger partial charge in [-0.25, -0.2) is 14.4 Å². The molecule has 1 unspecified atom stereocenters. The number of carboxylic acids is 1. The molecule has 12 heteroatoms. The van der Waals surface area contributed by atoms with E-state index < -0.39 is 36.6 Å². The number of nitrogens with one attached hydrogen (secondary N) is 1. The Morgan fingerprint density at radius 3 is 1.82 bits per heavy atom. The first-order valence-corrected chi connectivity index (χ1v) is 13.4. The second-order valence-electron chi connectivity index (χ2n) is 10.4. The molecule has 2 atom stereocenters. The molecule has 0 aliphatic heterocycles. The van der Waals surface area contributed by atoms with E-state index in [1.165, 1.54) is 18.2 Å². The number of carbonyl (C=O) groups excluding carboxylic acids is 3. The summed E-state index contributed by atoms with van der Waals surface area (Å²) >= 11 is 0. The zero-order valence-electron chi connectivity index (χ0n) is 24.4. The molecule has 0 radical (unpaired) electrons. The largest absolute Gasteiger partial charge is 0.513 e. The van der Waals surface area contributed by atoms with Crippen molar-refractivity contribution in [1.82, 2.24) is 5.32 Å². The lowest BCUT2D eigenvalue weighted by molar-refractivity contribution is -0.139. The van der Waals surface area contributed by atoms with Crippen LogP contribution in [0.25, 0.3) is 0 Å². The molecule has 226 valence electrons. The van der Waals surface area contributed by atoms with Crippen LogP contribution < -0.4 is 14.8 Å². The molecular formula is C28H43NO11. The Hall–Kier alpha value is -3.54. The minimum atomic E-state index is -1.15. The Labute approximate surface area is 235 Å². The zero-order valence-corrected chi connectivity index (χ0v) is 24.4. The van der Waals surface area contributed by atoms with Crippen molar-refractivity contribution in [3.05, 3.63) is 23.8 Å². The van der Waals surface area contributed by atoms with Gasteiger partial charge in [0.2, 0.25) is 0 Å². The summed E-state index contributed by atoms with van der Waals surface area (Å²) in [4.78, 5) is 48.0. The maximum atomic E-state index is 12.3. The van der Waals surface area contributed by atoms with Gasteiger partial charge in [-0.05, 0) is 69.6 Å². The fraction of sp³-hybridized carbons (Fsp3) is 0.643. The van der Waals surface area contributed by atoms with Crippen LogP contribution in [0.2, 0.25) is 0 Å². The summed E-state index contributed by atoms with van der Waals surface area (Å²) in [7, 11) is 0. The molecule has 1 aromatic rings. The highest BCUT2D eigenvalue weighted by atomic mass is 16.7. The Morgan fingerprint density at radius 2 is 1.32 bits per heavy atom. The SMILES string of the molecule is CC(C)CCOC(=O)Oc1ccc(C[C@H](NCC(C)OC(=O)OC(C)C)C(=O)O)cc1OC(=O)OCCC(C)C. The molecule has 0 spiro atoms. The van der Waals surface area contributed by atoms with E-state index in [4.69, 9.17) is 28.4 Å². The van der Waals surface area contributed by atoms with Crippen molar-refractivity contribution in [2.45, 2.75) is 86.0 Å². The zero-order chi connectivity index (χ0) is 30.2. The summed E-state index contributed by atoms with van der Waals surface area (Å²) in [6, 6.07) is 3.22. The van der Waals surface area contributed by atoms with Crippen LogP contribution in [0.4, 0.5) is 14.4 Å². The lowest BCUT2D eigenvalue weighted by Crippen LogP contribution is -2.42. The van der Waals surface area contributed by atoms with E-state index in [0.29, 0.717) is 30.2 Å². The number of carboxylic acid groups (broad SMARTS) is 1. The Bertz CT molecular complexity index is 962. The average molecular weight is 570 g/mol. The molecule has 1 aromatic carbocycles. The molecular weight excluding hydrogens is 526 g/mol. The molecule has 0 amide bonds. The van der Waals surface area contributed by atoms with Gasteiger partial charge in [0.1, 0.15) is 12.1 Å². The van der Waals surface area contributed by atoms with Gasteiger partial charge >= 0.3 is 24.4 Å². The van der Waals surface area contributed by atoms with Crippen LogP contribution in [0.15, 0.2) is 18.2 Å². The van der Waals surface area contributed by atoms with Crippen molar-refractivity contribution in [3.8, 4) is 11.5 Å². The monoisotopic (exact) mass is 569 g/mol. The molecule has 0 saturated carbocycles. The van der Waals surface area contributed by atoms with Crippen molar-refractivity contribution < 1.29 is 52.7 Å². The molecule has 2 N–H and O–H groups in total. The molecule has 12 nitrogen and oxygen atoms in total. The lowest BCUT2D eigenvalue weighted by atomic mass is 10.0. The van der Waals surface area contributed by atoms with Gasteiger partial charge in [-0.2, -0.15) is 0 Å². The van der Waals surface area contributed by atoms with Crippen molar-refractivity contribution in [2.75, 3.05) is 19.8 Å². The number of rotatable bonds is 16. The second-order valence-corrected chi connectivity index (χ2v) is 10.4. The van der Waals surface area contributed by atoms with E-state index in [1.54, 1.807) is 20.8 Å². The van der Waals surface area contributed by atoms with Crippen LogP contribution in [0.5, 0.6) is 11.5 Å². The summed E-state index contributed by atoms with van der Waals surface area (Å²) in [5.41, 5.74) is 0.457. The molecule has 0 saturated heterocycles. The third-order valence-electron chi connectivity index (χ3n) is 5.24. The average Bonchev–Trinajstić information content (AvgIpc) is 2.81. The predicted molar refractivity (Wildman–Crippen MR) is 145 cm³/mol. The molecule has 0 heterocycles. The number of benzene rings is 1. The van der Waals surface area contributed by atoms with E-state index in [1.807, 2.05) is 27.7 Å². The van der Waals surface area contributed by atoms with Crippen LogP contribution in [0, 0.1) is 11.8 Å². The molecule has 0 aliphatic rings. The van der Waals surface area contributed by atoms with Crippen molar-refractivity contribution in [1.29, 1.82) is 0 Å². The van der Waals surface area contributed by atoms with Crippen LogP contribution in [0.1, 0.15) is 66.9 Å². The van der Waals surface area contributed by atoms with Crippen molar-refractivity contribution in [2.24, 2.45) is 11.8 Å². The van der Waals surface area contributed by atoms with Crippen LogP contribution in [0.3, 0.4) is 0 Å². The normalized spacial score (nSPS) is 12.6. The molecule has 0 fully saturated rings. The van der Waals surface area contributed by atoms with Gasteiger partial charge in [-0.3, -0.25) is 4.79 Å². The van der Waals surface area contributed by atoms with E-state index in [0.717, 1.165) is 0 Å². The van der Waals surface area contributed by atoms with Gasteiger partial charge in [0.15, 0.2) is 11.5 Å². The number of hydrogen-bond donors (Lipinski definition) is 2. The van der Waals surface area contributed by atoms with Crippen molar-refractivity contribution in [3.63, 3.8) is 0 Å².